The molecule has 1 aliphatic heterocycles. The van der Waals surface area contributed by atoms with E-state index in [4.69, 9.17) is 0 Å². The van der Waals surface area contributed by atoms with Gasteiger partial charge < -0.3 is 10.2 Å². The van der Waals surface area contributed by atoms with Crippen LogP contribution in [0.4, 0.5) is 0 Å². The first-order valence-electron chi connectivity index (χ1n) is 6.27. The third kappa shape index (κ3) is 5.82. The van der Waals surface area contributed by atoms with E-state index in [-0.39, 0.29) is 11.5 Å². The van der Waals surface area contributed by atoms with Gasteiger partial charge >= 0.3 is 0 Å². The van der Waals surface area contributed by atoms with Gasteiger partial charge in [0.1, 0.15) is 0 Å². The Morgan fingerprint density at radius 3 is 2.50 bits per heavy atom. The molecule has 0 aliphatic carbocycles. The molecule has 1 rings (SSSR count). The van der Waals surface area contributed by atoms with Gasteiger partial charge in [-0.3, -0.25) is 0 Å². The molecule has 0 aromatic heterocycles. The topological polar surface area (TPSA) is 49.4 Å². The third-order valence-corrected chi connectivity index (χ3v) is 4.76. The molecule has 1 aliphatic rings. The predicted octanol–water partition coefficient (Wildman–Crippen LogP) is 0.497. The van der Waals surface area contributed by atoms with Crippen molar-refractivity contribution in [3.8, 4) is 0 Å². The Labute approximate surface area is 99.3 Å². The van der Waals surface area contributed by atoms with Gasteiger partial charge in [0.15, 0.2) is 9.84 Å². The third-order valence-electron chi connectivity index (χ3n) is 3.06. The van der Waals surface area contributed by atoms with E-state index in [0.29, 0.717) is 6.54 Å². The van der Waals surface area contributed by atoms with Crippen LogP contribution in [0.25, 0.3) is 0 Å². The van der Waals surface area contributed by atoms with Crippen molar-refractivity contribution < 1.29 is 8.42 Å². The van der Waals surface area contributed by atoms with E-state index >= 15 is 0 Å². The molecule has 96 valence electrons. The molecule has 0 amide bonds. The summed E-state index contributed by atoms with van der Waals surface area (Å²) in [5, 5.41) is 3.19. The minimum Gasteiger partial charge on any atom is -0.316 e. The minimum atomic E-state index is -2.80. The van der Waals surface area contributed by atoms with E-state index in [1.165, 1.54) is 25.9 Å². The lowest BCUT2D eigenvalue weighted by Gasteiger charge is -2.14. The number of sulfone groups is 1. The van der Waals surface area contributed by atoms with Crippen LogP contribution in [0.2, 0.25) is 0 Å². The highest BCUT2D eigenvalue weighted by molar-refractivity contribution is 7.91. The smallest absolute Gasteiger partial charge is 0.151 e. The van der Waals surface area contributed by atoms with Gasteiger partial charge in [-0.15, -0.1) is 0 Å². The Morgan fingerprint density at radius 1 is 1.19 bits per heavy atom. The largest absolute Gasteiger partial charge is 0.316 e. The van der Waals surface area contributed by atoms with Crippen LogP contribution in [0.15, 0.2) is 0 Å². The molecule has 1 heterocycles. The van der Waals surface area contributed by atoms with Crippen molar-refractivity contribution >= 4 is 9.84 Å². The number of likely N-dealkylation sites (tertiary alicyclic amines) is 1. The minimum absolute atomic E-state index is 0.252. The van der Waals surface area contributed by atoms with Gasteiger partial charge in [-0.2, -0.15) is 0 Å². The van der Waals surface area contributed by atoms with E-state index < -0.39 is 9.84 Å². The van der Waals surface area contributed by atoms with Gasteiger partial charge in [-0.05, 0) is 45.4 Å². The molecule has 0 atom stereocenters. The molecule has 0 aromatic carbocycles. The van der Waals surface area contributed by atoms with Crippen LogP contribution in [-0.4, -0.2) is 57.5 Å². The second-order valence-electron chi connectivity index (χ2n) is 4.39. The van der Waals surface area contributed by atoms with E-state index in [2.05, 4.69) is 10.2 Å². The first-order valence-corrected chi connectivity index (χ1v) is 8.09. The average Bonchev–Trinajstić information content (AvgIpc) is 2.76. The molecule has 4 nitrogen and oxygen atoms in total. The lowest BCUT2D eigenvalue weighted by Crippen LogP contribution is -2.28. The van der Waals surface area contributed by atoms with Gasteiger partial charge in [-0.25, -0.2) is 8.42 Å². The monoisotopic (exact) mass is 248 g/mol. The van der Waals surface area contributed by atoms with Crippen LogP contribution in [0.5, 0.6) is 0 Å². The zero-order chi connectivity index (χ0) is 11.9. The summed E-state index contributed by atoms with van der Waals surface area (Å²) in [7, 11) is -2.80. The van der Waals surface area contributed by atoms with Crippen molar-refractivity contribution in [2.24, 2.45) is 0 Å². The van der Waals surface area contributed by atoms with Gasteiger partial charge in [-0.1, -0.05) is 6.92 Å². The summed E-state index contributed by atoms with van der Waals surface area (Å²) in [5.74, 6) is 0.523. The average molecular weight is 248 g/mol. The Kier molecular flexibility index (Phi) is 6.31. The van der Waals surface area contributed by atoms with Crippen molar-refractivity contribution in [3.63, 3.8) is 0 Å². The molecule has 1 fully saturated rings. The fraction of sp³-hybridized carbons (Fsp3) is 1.00. The Morgan fingerprint density at radius 2 is 1.88 bits per heavy atom. The first kappa shape index (κ1) is 13.9. The van der Waals surface area contributed by atoms with Crippen LogP contribution >= 0.6 is 0 Å². The van der Waals surface area contributed by atoms with Crippen LogP contribution in [0.1, 0.15) is 26.2 Å². The maximum atomic E-state index is 11.2. The summed E-state index contributed by atoms with van der Waals surface area (Å²) < 4.78 is 22.4. The van der Waals surface area contributed by atoms with Gasteiger partial charge in [0.05, 0.1) is 5.75 Å². The predicted molar refractivity (Wildman–Crippen MR) is 67.5 cm³/mol. The number of nitrogens with zero attached hydrogens (tertiary/aromatic N) is 1. The SMILES string of the molecule is CCS(=O)(=O)CCNCCCN1CCCC1. The fourth-order valence-electron chi connectivity index (χ4n) is 1.93. The highest BCUT2D eigenvalue weighted by Gasteiger charge is 2.10. The summed E-state index contributed by atoms with van der Waals surface area (Å²) in [4.78, 5) is 2.48. The molecule has 0 unspecified atom stereocenters. The summed E-state index contributed by atoms with van der Waals surface area (Å²) in [6.45, 7) is 6.84. The van der Waals surface area contributed by atoms with Crippen molar-refractivity contribution in [2.75, 3.05) is 44.2 Å². The van der Waals surface area contributed by atoms with E-state index in [0.717, 1.165) is 19.5 Å². The molecule has 0 bridgehead atoms. The van der Waals surface area contributed by atoms with Crippen LogP contribution in [0.3, 0.4) is 0 Å². The summed E-state index contributed by atoms with van der Waals surface area (Å²) in [5.41, 5.74) is 0. The number of rotatable bonds is 8. The molecule has 0 aromatic rings. The second-order valence-corrected chi connectivity index (χ2v) is 6.86. The first-order chi connectivity index (χ1) is 7.64. The molecule has 1 saturated heterocycles. The van der Waals surface area contributed by atoms with Gasteiger partial charge in [0.25, 0.3) is 0 Å². The van der Waals surface area contributed by atoms with Crippen molar-refractivity contribution in [1.29, 1.82) is 0 Å². The molecule has 0 spiro atoms. The quantitative estimate of drug-likeness (QED) is 0.635. The Bertz CT molecular complexity index is 272. The molecular weight excluding hydrogens is 224 g/mol. The normalized spacial score (nSPS) is 18.1. The molecule has 1 N–H and O–H groups in total. The fourth-order valence-corrected chi connectivity index (χ4v) is 2.67. The van der Waals surface area contributed by atoms with Gasteiger partial charge in [0, 0.05) is 12.3 Å². The van der Waals surface area contributed by atoms with Crippen LogP contribution in [-0.2, 0) is 9.84 Å². The second kappa shape index (κ2) is 7.25. The van der Waals surface area contributed by atoms with Crippen molar-refractivity contribution in [3.05, 3.63) is 0 Å². The number of nitrogens with one attached hydrogen (secondary N) is 1. The Balaban J connectivity index is 1.92. The Hall–Kier alpha value is -0.130. The van der Waals surface area contributed by atoms with Crippen molar-refractivity contribution in [2.45, 2.75) is 26.2 Å². The zero-order valence-corrected chi connectivity index (χ0v) is 11.1. The van der Waals surface area contributed by atoms with Crippen molar-refractivity contribution in [1.82, 2.24) is 10.2 Å². The molecule has 5 heteroatoms. The molecule has 0 saturated carbocycles. The van der Waals surface area contributed by atoms with E-state index in [1.54, 1.807) is 6.92 Å². The molecular formula is C11H24N2O2S. The summed E-state index contributed by atoms with van der Waals surface area (Å²) in [6.07, 6.45) is 3.79. The number of hydrogen-bond acceptors (Lipinski definition) is 4. The lowest BCUT2D eigenvalue weighted by molar-refractivity contribution is 0.331. The van der Waals surface area contributed by atoms with E-state index in [1.807, 2.05) is 0 Å². The van der Waals surface area contributed by atoms with E-state index in [9.17, 15) is 8.42 Å². The number of hydrogen-bond donors (Lipinski definition) is 1. The standard InChI is InChI=1S/C11H24N2O2S/c1-2-16(14,15)11-7-12-6-5-10-13-8-3-4-9-13/h12H,2-11H2,1H3. The lowest BCUT2D eigenvalue weighted by atomic mass is 10.4. The molecule has 16 heavy (non-hydrogen) atoms. The maximum absolute atomic E-state index is 11.2. The summed E-state index contributed by atoms with van der Waals surface area (Å²) in [6, 6.07) is 0. The molecule has 0 radical (unpaired) electrons. The van der Waals surface area contributed by atoms with Crippen LogP contribution in [0, 0.1) is 0 Å². The maximum Gasteiger partial charge on any atom is 0.151 e. The van der Waals surface area contributed by atoms with Crippen LogP contribution < -0.4 is 5.32 Å². The summed E-state index contributed by atoms with van der Waals surface area (Å²) >= 11 is 0. The van der Waals surface area contributed by atoms with Gasteiger partial charge in [0.2, 0.25) is 0 Å². The highest BCUT2D eigenvalue weighted by Crippen LogP contribution is 2.06. The highest BCUT2D eigenvalue weighted by atomic mass is 32.2. The zero-order valence-electron chi connectivity index (χ0n) is 10.2.